The van der Waals surface area contributed by atoms with E-state index in [1.54, 1.807) is 0 Å². The van der Waals surface area contributed by atoms with Gasteiger partial charge in [-0.3, -0.25) is 0 Å². The van der Waals surface area contributed by atoms with Crippen molar-refractivity contribution in [3.05, 3.63) is 68.6 Å². The number of aliphatic hydroxyl groups is 1. The molecular weight excluding hydrogens is 398 g/mol. The van der Waals surface area contributed by atoms with Crippen LogP contribution in [0.25, 0.3) is 0 Å². The molecule has 1 aliphatic heterocycles. The Labute approximate surface area is 139 Å². The molecule has 21 heavy (non-hydrogen) atoms. The summed E-state index contributed by atoms with van der Waals surface area (Å²) in [6, 6.07) is 15.5. The van der Waals surface area contributed by atoms with E-state index in [4.69, 9.17) is 0 Å². The predicted octanol–water partition coefficient (Wildman–Crippen LogP) is 3.45. The number of nitrogens with zero attached hydrogens (tertiary/aromatic N) is 1. The van der Waals surface area contributed by atoms with Crippen molar-refractivity contribution in [2.24, 2.45) is 4.99 Å². The van der Waals surface area contributed by atoms with Gasteiger partial charge in [-0.05, 0) is 23.8 Å². The van der Waals surface area contributed by atoms with Gasteiger partial charge in [0.25, 0.3) is 0 Å². The van der Waals surface area contributed by atoms with Gasteiger partial charge in [0.05, 0.1) is 0 Å². The summed E-state index contributed by atoms with van der Waals surface area (Å²) in [5.74, 6) is 0.509. The van der Waals surface area contributed by atoms with Gasteiger partial charge in [-0.15, -0.1) is 0 Å². The van der Waals surface area contributed by atoms with Gasteiger partial charge in [0.2, 0.25) is 0 Å². The van der Waals surface area contributed by atoms with Gasteiger partial charge in [-0.2, -0.15) is 0 Å². The summed E-state index contributed by atoms with van der Waals surface area (Å²) < 4.78 is 1.88. The van der Waals surface area contributed by atoms with Crippen molar-refractivity contribution in [3.8, 4) is 0 Å². The maximum absolute atomic E-state index is 10.4. The SMILES string of the molecule is OC(C1=NC(c2ccc(Br)cc2)NN1)c1ccccc1Br. The molecule has 0 aliphatic carbocycles. The summed E-state index contributed by atoms with van der Waals surface area (Å²) in [4.78, 5) is 4.51. The molecule has 4 nitrogen and oxygen atoms in total. The number of hydrogen-bond donors (Lipinski definition) is 3. The van der Waals surface area contributed by atoms with E-state index in [1.165, 1.54) is 0 Å². The van der Waals surface area contributed by atoms with E-state index < -0.39 is 6.10 Å². The maximum Gasteiger partial charge on any atom is 0.147 e. The molecule has 3 rings (SSSR count). The standard InChI is InChI=1S/C15H13Br2N3O/c16-10-7-5-9(6-8-10)14-18-15(20-19-14)13(21)11-3-1-2-4-12(11)17/h1-8,13-14,19,21H,(H,18,20). The predicted molar refractivity (Wildman–Crippen MR) is 89.7 cm³/mol. The third-order valence-electron chi connectivity index (χ3n) is 3.25. The van der Waals surface area contributed by atoms with Gasteiger partial charge in [-0.1, -0.05) is 62.2 Å². The molecule has 0 saturated carbocycles. The fraction of sp³-hybridized carbons (Fsp3) is 0.133. The molecule has 1 aliphatic rings. The highest BCUT2D eigenvalue weighted by Crippen LogP contribution is 2.27. The highest BCUT2D eigenvalue weighted by molar-refractivity contribution is 9.10. The van der Waals surface area contributed by atoms with Gasteiger partial charge >= 0.3 is 0 Å². The van der Waals surface area contributed by atoms with Gasteiger partial charge in [0, 0.05) is 14.5 Å². The number of aliphatic imine (C=N–C) groups is 1. The van der Waals surface area contributed by atoms with Gasteiger partial charge in [0.15, 0.2) is 0 Å². The summed E-state index contributed by atoms with van der Waals surface area (Å²) in [6.07, 6.45) is -1.00. The normalized spacial score (nSPS) is 19.0. The Bertz CT molecular complexity index is 673. The van der Waals surface area contributed by atoms with Crippen LogP contribution in [0.4, 0.5) is 0 Å². The summed E-state index contributed by atoms with van der Waals surface area (Å²) in [5.41, 5.74) is 7.84. The fourth-order valence-electron chi connectivity index (χ4n) is 2.13. The van der Waals surface area contributed by atoms with Gasteiger partial charge < -0.3 is 10.5 Å². The summed E-state index contributed by atoms with van der Waals surface area (Å²) in [5, 5.41) is 10.4. The molecule has 0 aromatic heterocycles. The molecule has 2 aromatic carbocycles. The van der Waals surface area contributed by atoms with Crippen molar-refractivity contribution >= 4 is 37.7 Å². The second-order valence-electron chi connectivity index (χ2n) is 4.66. The minimum atomic E-state index is -0.798. The van der Waals surface area contributed by atoms with Crippen molar-refractivity contribution in [2.45, 2.75) is 12.3 Å². The molecule has 108 valence electrons. The van der Waals surface area contributed by atoms with E-state index in [0.29, 0.717) is 5.84 Å². The van der Waals surface area contributed by atoms with Crippen LogP contribution in [0.1, 0.15) is 23.4 Å². The topological polar surface area (TPSA) is 56.7 Å². The molecule has 2 aromatic rings. The van der Waals surface area contributed by atoms with E-state index in [2.05, 4.69) is 47.7 Å². The zero-order valence-electron chi connectivity index (χ0n) is 10.9. The smallest absolute Gasteiger partial charge is 0.147 e. The van der Waals surface area contributed by atoms with Crippen molar-refractivity contribution in [1.29, 1.82) is 0 Å². The molecule has 0 amide bonds. The number of amidine groups is 1. The molecular formula is C15H13Br2N3O. The number of aliphatic hydroxyl groups excluding tert-OH is 1. The zero-order valence-corrected chi connectivity index (χ0v) is 14.1. The lowest BCUT2D eigenvalue weighted by atomic mass is 10.1. The van der Waals surface area contributed by atoms with Gasteiger partial charge in [-0.25, -0.2) is 10.4 Å². The van der Waals surface area contributed by atoms with E-state index in [1.807, 2.05) is 48.5 Å². The van der Waals surface area contributed by atoms with Crippen molar-refractivity contribution < 1.29 is 5.11 Å². The molecule has 2 unspecified atom stereocenters. The van der Waals surface area contributed by atoms with Crippen LogP contribution in [0.5, 0.6) is 0 Å². The quantitative estimate of drug-likeness (QED) is 0.726. The second kappa shape index (κ2) is 6.27. The third-order valence-corrected chi connectivity index (χ3v) is 4.50. The highest BCUT2D eigenvalue weighted by atomic mass is 79.9. The average Bonchev–Trinajstić information content (AvgIpc) is 2.98. The molecule has 0 fully saturated rings. The minimum absolute atomic E-state index is 0.203. The molecule has 0 bridgehead atoms. The molecule has 0 spiro atoms. The van der Waals surface area contributed by atoms with Crippen LogP contribution in [-0.4, -0.2) is 10.9 Å². The Balaban J connectivity index is 1.83. The van der Waals surface area contributed by atoms with Crippen LogP contribution in [-0.2, 0) is 0 Å². The number of halogens is 2. The van der Waals surface area contributed by atoms with Crippen LogP contribution < -0.4 is 10.9 Å². The minimum Gasteiger partial charge on any atom is -0.380 e. The number of benzene rings is 2. The lowest BCUT2D eigenvalue weighted by molar-refractivity contribution is 0.242. The Morgan fingerprint density at radius 1 is 1.05 bits per heavy atom. The zero-order chi connectivity index (χ0) is 14.8. The van der Waals surface area contributed by atoms with Crippen LogP contribution >= 0.6 is 31.9 Å². The van der Waals surface area contributed by atoms with E-state index >= 15 is 0 Å². The molecule has 1 heterocycles. The molecule has 2 atom stereocenters. The molecule has 6 heteroatoms. The Morgan fingerprint density at radius 3 is 2.48 bits per heavy atom. The maximum atomic E-state index is 10.4. The fourth-order valence-corrected chi connectivity index (χ4v) is 2.90. The van der Waals surface area contributed by atoms with Gasteiger partial charge in [0.1, 0.15) is 18.1 Å². The van der Waals surface area contributed by atoms with Crippen LogP contribution in [0.3, 0.4) is 0 Å². The van der Waals surface area contributed by atoms with Crippen LogP contribution in [0, 0.1) is 0 Å². The number of nitrogens with one attached hydrogen (secondary N) is 2. The highest BCUT2D eigenvalue weighted by Gasteiger charge is 2.25. The molecule has 3 N–H and O–H groups in total. The Hall–Kier alpha value is -1.21. The van der Waals surface area contributed by atoms with E-state index in [-0.39, 0.29) is 6.17 Å². The Kier molecular flexibility index (Phi) is 4.40. The average molecular weight is 411 g/mol. The summed E-state index contributed by atoms with van der Waals surface area (Å²) in [7, 11) is 0. The monoisotopic (exact) mass is 409 g/mol. The second-order valence-corrected chi connectivity index (χ2v) is 6.43. The first kappa shape index (κ1) is 14.7. The molecule has 0 saturated heterocycles. The summed E-state index contributed by atoms with van der Waals surface area (Å²) >= 11 is 6.85. The largest absolute Gasteiger partial charge is 0.380 e. The third kappa shape index (κ3) is 3.18. The molecule has 0 radical (unpaired) electrons. The van der Waals surface area contributed by atoms with Crippen LogP contribution in [0.15, 0.2) is 62.5 Å². The van der Waals surface area contributed by atoms with Crippen molar-refractivity contribution in [2.75, 3.05) is 0 Å². The number of rotatable bonds is 3. The first-order valence-corrected chi connectivity index (χ1v) is 8.01. The summed E-state index contributed by atoms with van der Waals surface area (Å²) in [6.45, 7) is 0. The van der Waals surface area contributed by atoms with Crippen molar-refractivity contribution in [1.82, 2.24) is 10.9 Å². The van der Waals surface area contributed by atoms with Crippen LogP contribution in [0.2, 0.25) is 0 Å². The lowest BCUT2D eigenvalue weighted by Gasteiger charge is -2.12. The first-order chi connectivity index (χ1) is 10.1. The Morgan fingerprint density at radius 2 is 1.76 bits per heavy atom. The number of hydrazine groups is 1. The van der Waals surface area contributed by atoms with E-state index in [9.17, 15) is 5.11 Å². The first-order valence-electron chi connectivity index (χ1n) is 6.42. The van der Waals surface area contributed by atoms with E-state index in [0.717, 1.165) is 20.1 Å². The number of hydrogen-bond acceptors (Lipinski definition) is 4. The van der Waals surface area contributed by atoms with Crippen molar-refractivity contribution in [3.63, 3.8) is 0 Å². The lowest BCUT2D eigenvalue weighted by Crippen LogP contribution is -2.34.